The Hall–Kier alpha value is -0.780. The van der Waals surface area contributed by atoms with Crippen LogP contribution in [0.5, 0.6) is 0 Å². The molecule has 13 heteroatoms. The van der Waals surface area contributed by atoms with Crippen molar-refractivity contribution in [1.82, 2.24) is 5.32 Å². The average Bonchev–Trinajstić information content (AvgIpc) is 3.27. The van der Waals surface area contributed by atoms with Crippen molar-refractivity contribution < 1.29 is 58.7 Å². The summed E-state index contributed by atoms with van der Waals surface area (Å²) in [5.41, 5.74) is -1.97. The van der Waals surface area contributed by atoms with Gasteiger partial charge in [0.25, 0.3) is 0 Å². The Kier molecular flexibility index (Phi) is 10.4. The third kappa shape index (κ3) is 6.09. The van der Waals surface area contributed by atoms with E-state index in [0.717, 1.165) is 38.5 Å². The average molecular weight is 726 g/mol. The molecule has 6 fully saturated rings. The predicted molar refractivity (Wildman–Crippen MR) is 183 cm³/mol. The number of fused-ring (bicyclic) bond motifs is 7. The number of methoxy groups -OCH3 is 2. The zero-order valence-electron chi connectivity index (χ0n) is 31.6. The molecule has 51 heavy (non-hydrogen) atoms. The highest BCUT2D eigenvalue weighted by atomic mass is 16.7. The van der Waals surface area contributed by atoms with Gasteiger partial charge in [-0.3, -0.25) is 5.32 Å². The lowest BCUT2D eigenvalue weighted by atomic mass is 9.46. The molecule has 0 radical (unpaired) electrons. The van der Waals surface area contributed by atoms with Crippen molar-refractivity contribution >= 4 is 0 Å². The van der Waals surface area contributed by atoms with Gasteiger partial charge in [0.05, 0.1) is 49.3 Å². The van der Waals surface area contributed by atoms with Gasteiger partial charge in [0.2, 0.25) is 0 Å². The van der Waals surface area contributed by atoms with Crippen molar-refractivity contribution in [2.45, 2.75) is 177 Å². The van der Waals surface area contributed by atoms with E-state index in [4.69, 9.17) is 33.2 Å². The summed E-state index contributed by atoms with van der Waals surface area (Å²) in [5, 5.41) is 59.8. The highest BCUT2D eigenvalue weighted by molar-refractivity contribution is 5.30. The van der Waals surface area contributed by atoms with E-state index in [1.807, 2.05) is 13.8 Å². The minimum atomic E-state index is -1.43. The SMILES string of the molecule is COC1CC(OC(C)C2(O)C3NC(C)(O)COC3C3C4CC=C5CC(O)CCC5(C)C4CCC32C)OC(C)C1OC1OC(C)C(O)C(OC)C1O. The molecule has 4 aliphatic carbocycles. The summed E-state index contributed by atoms with van der Waals surface area (Å²) in [6.45, 7) is 11.8. The topological polar surface area (TPSA) is 178 Å². The number of ether oxygens (including phenoxy) is 7. The molecule has 0 aromatic rings. The summed E-state index contributed by atoms with van der Waals surface area (Å²) in [6, 6.07) is -0.595. The zero-order valence-corrected chi connectivity index (χ0v) is 31.6. The van der Waals surface area contributed by atoms with Crippen LogP contribution >= 0.6 is 0 Å². The lowest BCUT2D eigenvalue weighted by molar-refractivity contribution is -0.347. The van der Waals surface area contributed by atoms with Gasteiger partial charge in [-0.25, -0.2) is 0 Å². The van der Waals surface area contributed by atoms with Gasteiger partial charge in [-0.1, -0.05) is 25.5 Å². The number of morpholine rings is 1. The third-order valence-electron chi connectivity index (χ3n) is 14.7. The fourth-order valence-corrected chi connectivity index (χ4v) is 11.9. The predicted octanol–water partition coefficient (Wildman–Crippen LogP) is 1.75. The van der Waals surface area contributed by atoms with Gasteiger partial charge in [0.15, 0.2) is 12.6 Å². The van der Waals surface area contributed by atoms with Crippen LogP contribution < -0.4 is 5.32 Å². The summed E-state index contributed by atoms with van der Waals surface area (Å²) in [7, 11) is 3.01. The molecule has 292 valence electrons. The first-order valence-corrected chi connectivity index (χ1v) is 19.2. The fourth-order valence-electron chi connectivity index (χ4n) is 11.9. The Bertz CT molecular complexity index is 1300. The van der Waals surface area contributed by atoms with Crippen LogP contribution in [0.3, 0.4) is 0 Å². The largest absolute Gasteiger partial charge is 0.393 e. The van der Waals surface area contributed by atoms with Crippen molar-refractivity contribution in [2.75, 3.05) is 20.8 Å². The fraction of sp³-hybridized carbons (Fsp3) is 0.947. The Morgan fingerprint density at radius 1 is 0.941 bits per heavy atom. The normalized spacial score (nSPS) is 56.3. The van der Waals surface area contributed by atoms with E-state index in [9.17, 15) is 25.5 Å². The molecule has 7 aliphatic rings. The number of hydrogen-bond donors (Lipinski definition) is 6. The van der Waals surface area contributed by atoms with E-state index in [-0.39, 0.29) is 36.1 Å². The first-order valence-electron chi connectivity index (χ1n) is 19.2. The summed E-state index contributed by atoms with van der Waals surface area (Å²) < 4.78 is 43.1. The van der Waals surface area contributed by atoms with Crippen molar-refractivity contribution in [3.63, 3.8) is 0 Å². The Morgan fingerprint density at radius 3 is 2.39 bits per heavy atom. The van der Waals surface area contributed by atoms with Crippen LogP contribution in [-0.4, -0.2) is 137 Å². The van der Waals surface area contributed by atoms with Crippen LogP contribution in [0.2, 0.25) is 0 Å². The maximum absolute atomic E-state index is 13.3. The number of rotatable bonds is 7. The Morgan fingerprint density at radius 2 is 1.69 bits per heavy atom. The summed E-state index contributed by atoms with van der Waals surface area (Å²) in [4.78, 5) is 0. The quantitative estimate of drug-likeness (QED) is 0.210. The molecule has 13 nitrogen and oxygen atoms in total. The lowest BCUT2D eigenvalue weighted by Crippen LogP contribution is -2.70. The molecule has 0 bridgehead atoms. The molecule has 0 aromatic carbocycles. The number of aliphatic hydroxyl groups excluding tert-OH is 3. The molecular formula is C38H63NO12. The molecule has 3 saturated carbocycles. The van der Waals surface area contributed by atoms with E-state index in [2.05, 4.69) is 25.2 Å². The van der Waals surface area contributed by atoms with E-state index in [1.54, 1.807) is 21.0 Å². The first-order chi connectivity index (χ1) is 24.0. The number of aliphatic hydroxyl groups is 5. The molecule has 20 atom stereocenters. The van der Waals surface area contributed by atoms with Gasteiger partial charge in [0.1, 0.15) is 35.7 Å². The van der Waals surface area contributed by atoms with E-state index in [0.29, 0.717) is 12.3 Å². The van der Waals surface area contributed by atoms with E-state index in [1.165, 1.54) is 12.7 Å². The van der Waals surface area contributed by atoms with E-state index < -0.39 is 84.2 Å². The number of nitrogens with one attached hydrogen (secondary N) is 1. The second-order valence-electron chi connectivity index (χ2n) is 17.6. The van der Waals surface area contributed by atoms with Crippen molar-refractivity contribution in [2.24, 2.45) is 28.6 Å². The van der Waals surface area contributed by atoms with Crippen LogP contribution in [-0.2, 0) is 33.2 Å². The van der Waals surface area contributed by atoms with Gasteiger partial charge >= 0.3 is 0 Å². The lowest BCUT2D eigenvalue weighted by Gasteiger charge is -2.59. The molecule has 3 heterocycles. The summed E-state index contributed by atoms with van der Waals surface area (Å²) >= 11 is 0. The standard InChI is InChI=1S/C38H63NO12/c1-18-28(41)32(46-8)29(42)34(49-18)51-30-19(2)48-26(16-25(30)45-7)50-20(3)38(44)33-31(47-17-37(6,43)39-33)27-23-10-9-21-15-22(40)11-13-35(21,4)24(23)12-14-36(27,38)5/h9,18-20,22-34,39-44H,10-17H2,1-8H3. The molecule has 3 saturated heterocycles. The van der Waals surface area contributed by atoms with E-state index >= 15 is 0 Å². The highest BCUT2D eigenvalue weighted by Crippen LogP contribution is 2.69. The van der Waals surface area contributed by atoms with Crippen LogP contribution in [0.1, 0.15) is 86.5 Å². The van der Waals surface area contributed by atoms with Crippen LogP contribution in [0.15, 0.2) is 11.6 Å². The Labute approximate surface area is 302 Å². The monoisotopic (exact) mass is 725 g/mol. The molecular weight excluding hydrogens is 662 g/mol. The molecule has 7 rings (SSSR count). The summed E-state index contributed by atoms with van der Waals surface area (Å²) in [5.74, 6) is 0.691. The Balaban J connectivity index is 1.12. The minimum absolute atomic E-state index is 0.0102. The van der Waals surface area contributed by atoms with Crippen molar-refractivity contribution in [1.29, 1.82) is 0 Å². The summed E-state index contributed by atoms with van der Waals surface area (Å²) in [6.07, 6.45) is -0.814. The molecule has 6 N–H and O–H groups in total. The molecule has 3 aliphatic heterocycles. The minimum Gasteiger partial charge on any atom is -0.393 e. The van der Waals surface area contributed by atoms with Gasteiger partial charge < -0.3 is 58.7 Å². The van der Waals surface area contributed by atoms with Crippen molar-refractivity contribution in [3.05, 3.63) is 11.6 Å². The van der Waals surface area contributed by atoms with Crippen LogP contribution in [0.4, 0.5) is 0 Å². The van der Waals surface area contributed by atoms with Gasteiger partial charge in [-0.05, 0) is 89.4 Å². The highest BCUT2D eigenvalue weighted by Gasteiger charge is 2.74. The van der Waals surface area contributed by atoms with Gasteiger partial charge in [0, 0.05) is 26.1 Å². The number of hydrogen-bond acceptors (Lipinski definition) is 13. The van der Waals surface area contributed by atoms with Crippen LogP contribution in [0.25, 0.3) is 0 Å². The first kappa shape index (κ1) is 38.5. The second kappa shape index (κ2) is 13.8. The number of allylic oxidation sites excluding steroid dienone is 1. The second-order valence-corrected chi connectivity index (χ2v) is 17.6. The van der Waals surface area contributed by atoms with Gasteiger partial charge in [-0.2, -0.15) is 0 Å². The molecule has 0 aromatic heterocycles. The maximum atomic E-state index is 13.3. The molecule has 0 amide bonds. The molecule has 0 spiro atoms. The van der Waals surface area contributed by atoms with Crippen LogP contribution in [0, 0.1) is 28.6 Å². The smallest absolute Gasteiger partial charge is 0.187 e. The van der Waals surface area contributed by atoms with Gasteiger partial charge in [-0.15, -0.1) is 0 Å². The maximum Gasteiger partial charge on any atom is 0.187 e. The van der Waals surface area contributed by atoms with Crippen molar-refractivity contribution in [3.8, 4) is 0 Å². The zero-order chi connectivity index (χ0) is 36.8. The molecule has 20 unspecified atom stereocenters. The third-order valence-corrected chi connectivity index (χ3v) is 14.7.